The van der Waals surface area contributed by atoms with Gasteiger partial charge in [0.15, 0.2) is 0 Å². The number of rotatable bonds is 6. The molecule has 1 amide bonds. The molecule has 0 aromatic heterocycles. The molecule has 5 heteroatoms. The fraction of sp³-hybridized carbons (Fsp3) is 0.857. The molecule has 0 bridgehead atoms. The lowest BCUT2D eigenvalue weighted by Gasteiger charge is -2.38. The summed E-state index contributed by atoms with van der Waals surface area (Å²) in [7, 11) is 0. The van der Waals surface area contributed by atoms with E-state index >= 15 is 0 Å². The number of amides is 1. The van der Waals surface area contributed by atoms with Gasteiger partial charge in [0.2, 0.25) is 5.91 Å². The zero-order valence-corrected chi connectivity index (χ0v) is 11.7. The molecule has 2 rings (SSSR count). The molecule has 1 saturated heterocycles. The predicted octanol–water partition coefficient (Wildman–Crippen LogP) is 1.09. The number of carboxylic acid groups (broad SMARTS) is 1. The second kappa shape index (κ2) is 5.90. The lowest BCUT2D eigenvalue weighted by Crippen LogP contribution is -2.48. The molecule has 1 aliphatic heterocycles. The van der Waals surface area contributed by atoms with Crippen molar-refractivity contribution in [2.45, 2.75) is 39.0 Å². The van der Waals surface area contributed by atoms with E-state index < -0.39 is 11.4 Å². The fourth-order valence-electron chi connectivity index (χ4n) is 2.72. The molecule has 0 aromatic rings. The van der Waals surface area contributed by atoms with Crippen LogP contribution in [0.15, 0.2) is 0 Å². The molecule has 0 spiro atoms. The number of piperidine rings is 1. The van der Waals surface area contributed by atoms with Crippen molar-refractivity contribution in [1.82, 2.24) is 10.2 Å². The van der Waals surface area contributed by atoms with E-state index in [9.17, 15) is 14.7 Å². The quantitative estimate of drug-likeness (QED) is 0.756. The Bertz CT molecular complexity index is 345. The maximum absolute atomic E-state index is 12.0. The molecule has 0 unspecified atom stereocenters. The first kappa shape index (κ1) is 14.3. The van der Waals surface area contributed by atoms with Crippen LogP contribution in [0.3, 0.4) is 0 Å². The average molecular weight is 268 g/mol. The molecule has 108 valence electrons. The molecule has 5 nitrogen and oxygen atoms in total. The van der Waals surface area contributed by atoms with Gasteiger partial charge in [0.05, 0.1) is 12.0 Å². The highest BCUT2D eigenvalue weighted by Crippen LogP contribution is 2.35. The first-order valence-electron chi connectivity index (χ1n) is 7.29. The minimum atomic E-state index is -0.714. The molecule has 0 aromatic carbocycles. The number of nitrogens with one attached hydrogen (secondary N) is 1. The van der Waals surface area contributed by atoms with Gasteiger partial charge >= 0.3 is 5.97 Å². The van der Waals surface area contributed by atoms with E-state index in [1.165, 1.54) is 12.8 Å². The van der Waals surface area contributed by atoms with Crippen molar-refractivity contribution in [2.75, 3.05) is 26.2 Å². The van der Waals surface area contributed by atoms with E-state index in [4.69, 9.17) is 0 Å². The summed E-state index contributed by atoms with van der Waals surface area (Å²) in [6, 6.07) is 0. The van der Waals surface area contributed by atoms with E-state index in [2.05, 4.69) is 5.32 Å². The molecule has 0 atom stereocenters. The number of hydrogen-bond donors (Lipinski definition) is 2. The number of aliphatic carboxylic acids is 1. The van der Waals surface area contributed by atoms with Crippen LogP contribution in [0.25, 0.3) is 0 Å². The van der Waals surface area contributed by atoms with Crippen molar-refractivity contribution in [3.63, 3.8) is 0 Å². The zero-order valence-electron chi connectivity index (χ0n) is 11.7. The summed E-state index contributed by atoms with van der Waals surface area (Å²) in [4.78, 5) is 25.1. The van der Waals surface area contributed by atoms with Crippen LogP contribution in [0.5, 0.6) is 0 Å². The molecule has 0 radical (unpaired) electrons. The van der Waals surface area contributed by atoms with Crippen molar-refractivity contribution >= 4 is 11.9 Å². The van der Waals surface area contributed by atoms with Crippen LogP contribution in [0.4, 0.5) is 0 Å². The molecule has 19 heavy (non-hydrogen) atoms. The Kier molecular flexibility index (Phi) is 4.45. The lowest BCUT2D eigenvalue weighted by molar-refractivity contribution is -0.154. The summed E-state index contributed by atoms with van der Waals surface area (Å²) in [6.07, 6.45) is 4.36. The number of carboxylic acids is 1. The minimum absolute atomic E-state index is 0.107. The summed E-state index contributed by atoms with van der Waals surface area (Å²) in [5.41, 5.74) is -0.613. The number of likely N-dealkylation sites (tertiary alicyclic amines) is 1. The van der Waals surface area contributed by atoms with Crippen LogP contribution >= 0.6 is 0 Å². The topological polar surface area (TPSA) is 69.6 Å². The Morgan fingerprint density at radius 3 is 2.42 bits per heavy atom. The van der Waals surface area contributed by atoms with Gasteiger partial charge in [-0.25, -0.2) is 0 Å². The van der Waals surface area contributed by atoms with Gasteiger partial charge in [0.25, 0.3) is 0 Å². The first-order valence-corrected chi connectivity index (χ1v) is 7.29. The van der Waals surface area contributed by atoms with E-state index in [0.717, 1.165) is 12.5 Å². The maximum Gasteiger partial charge on any atom is 0.309 e. The van der Waals surface area contributed by atoms with Gasteiger partial charge in [-0.3, -0.25) is 9.59 Å². The molecule has 2 N–H and O–H groups in total. The Morgan fingerprint density at radius 1 is 1.32 bits per heavy atom. The molecular formula is C14H24N2O3. The average Bonchev–Trinajstić information content (AvgIpc) is 3.22. The summed E-state index contributed by atoms with van der Waals surface area (Å²) >= 11 is 0. The second-order valence-electron chi connectivity index (χ2n) is 5.89. The van der Waals surface area contributed by atoms with Crippen molar-refractivity contribution < 1.29 is 14.7 Å². The molecule has 1 saturated carbocycles. The van der Waals surface area contributed by atoms with Crippen molar-refractivity contribution in [2.24, 2.45) is 11.3 Å². The summed E-state index contributed by atoms with van der Waals surface area (Å²) in [5, 5.41) is 12.5. The van der Waals surface area contributed by atoms with Crippen molar-refractivity contribution in [3.05, 3.63) is 0 Å². The Hall–Kier alpha value is -1.10. The van der Waals surface area contributed by atoms with E-state index in [1.54, 1.807) is 4.90 Å². The van der Waals surface area contributed by atoms with Gasteiger partial charge in [0, 0.05) is 13.1 Å². The van der Waals surface area contributed by atoms with Gasteiger partial charge in [-0.05, 0) is 44.6 Å². The number of carbonyl (C=O) groups excluding carboxylic acids is 1. The van der Waals surface area contributed by atoms with Crippen LogP contribution in [0.1, 0.15) is 39.0 Å². The zero-order chi connectivity index (χ0) is 13.9. The fourth-order valence-corrected chi connectivity index (χ4v) is 2.72. The lowest BCUT2D eigenvalue weighted by atomic mass is 9.76. The van der Waals surface area contributed by atoms with Crippen LogP contribution < -0.4 is 5.32 Å². The highest BCUT2D eigenvalue weighted by atomic mass is 16.4. The third kappa shape index (κ3) is 3.47. The standard InChI is InChI=1S/C14H24N2O3/c1-2-14(13(18)19)5-7-16(8-6-14)12(17)10-15-9-11-3-4-11/h11,15H,2-10H2,1H3,(H,18,19). The number of nitrogens with zero attached hydrogens (tertiary/aromatic N) is 1. The Morgan fingerprint density at radius 2 is 1.95 bits per heavy atom. The highest BCUT2D eigenvalue weighted by molar-refractivity contribution is 5.79. The van der Waals surface area contributed by atoms with Crippen LogP contribution in [-0.2, 0) is 9.59 Å². The molecule has 1 heterocycles. The summed E-state index contributed by atoms with van der Waals surface area (Å²) in [6.45, 7) is 4.40. The summed E-state index contributed by atoms with van der Waals surface area (Å²) in [5.74, 6) is 0.165. The van der Waals surface area contributed by atoms with E-state index in [-0.39, 0.29) is 5.91 Å². The van der Waals surface area contributed by atoms with E-state index in [1.807, 2.05) is 6.92 Å². The van der Waals surface area contributed by atoms with E-state index in [0.29, 0.717) is 38.9 Å². The first-order chi connectivity index (χ1) is 9.07. The SMILES string of the molecule is CCC1(C(=O)O)CCN(C(=O)CNCC2CC2)CC1. The second-order valence-corrected chi connectivity index (χ2v) is 5.89. The largest absolute Gasteiger partial charge is 0.481 e. The van der Waals surface area contributed by atoms with Crippen LogP contribution in [0, 0.1) is 11.3 Å². The third-order valence-electron chi connectivity index (χ3n) is 4.61. The maximum atomic E-state index is 12.0. The number of carbonyl (C=O) groups is 2. The van der Waals surface area contributed by atoms with Gasteiger partial charge in [0.1, 0.15) is 0 Å². The molecule has 1 aliphatic carbocycles. The monoisotopic (exact) mass is 268 g/mol. The normalized spacial score (nSPS) is 22.3. The summed E-state index contributed by atoms with van der Waals surface area (Å²) < 4.78 is 0. The molecule has 2 fully saturated rings. The van der Waals surface area contributed by atoms with Crippen molar-refractivity contribution in [3.8, 4) is 0 Å². The predicted molar refractivity (Wildman–Crippen MR) is 71.8 cm³/mol. The highest BCUT2D eigenvalue weighted by Gasteiger charge is 2.40. The smallest absolute Gasteiger partial charge is 0.309 e. The Labute approximate surface area is 114 Å². The van der Waals surface area contributed by atoms with Crippen LogP contribution in [-0.4, -0.2) is 48.1 Å². The van der Waals surface area contributed by atoms with Gasteiger partial charge < -0.3 is 15.3 Å². The third-order valence-corrected chi connectivity index (χ3v) is 4.61. The van der Waals surface area contributed by atoms with Gasteiger partial charge in [-0.15, -0.1) is 0 Å². The molecule has 2 aliphatic rings. The molecular weight excluding hydrogens is 244 g/mol. The van der Waals surface area contributed by atoms with Gasteiger partial charge in [-0.1, -0.05) is 6.92 Å². The van der Waals surface area contributed by atoms with Crippen molar-refractivity contribution in [1.29, 1.82) is 0 Å². The van der Waals surface area contributed by atoms with Gasteiger partial charge in [-0.2, -0.15) is 0 Å². The number of hydrogen-bond acceptors (Lipinski definition) is 3. The van der Waals surface area contributed by atoms with Crippen LogP contribution in [0.2, 0.25) is 0 Å². The Balaban J connectivity index is 1.74. The minimum Gasteiger partial charge on any atom is -0.481 e.